The van der Waals surface area contributed by atoms with Crippen LogP contribution in [-0.4, -0.2) is 41.1 Å². The largest absolute Gasteiger partial charge is 0.460 e. The number of carbonyl (C=O) groups is 2. The predicted octanol–water partition coefficient (Wildman–Crippen LogP) is 1.68. The van der Waals surface area contributed by atoms with Crippen LogP contribution in [0, 0.1) is 0 Å². The maximum absolute atomic E-state index is 13.2. The van der Waals surface area contributed by atoms with Crippen molar-refractivity contribution in [3.8, 4) is 0 Å². The quantitative estimate of drug-likeness (QED) is 0.809. The molecule has 0 radical (unpaired) electrons. The van der Waals surface area contributed by atoms with Gasteiger partial charge in [0.25, 0.3) is 0 Å². The lowest BCUT2D eigenvalue weighted by Gasteiger charge is -2.47. The van der Waals surface area contributed by atoms with Crippen molar-refractivity contribution in [3.63, 3.8) is 0 Å². The Morgan fingerprint density at radius 3 is 2.73 bits per heavy atom. The van der Waals surface area contributed by atoms with E-state index in [4.69, 9.17) is 9.15 Å². The minimum atomic E-state index is -1.08. The van der Waals surface area contributed by atoms with Crippen molar-refractivity contribution in [2.75, 3.05) is 7.11 Å². The van der Waals surface area contributed by atoms with Gasteiger partial charge in [0, 0.05) is 35.8 Å². The van der Waals surface area contributed by atoms with Crippen molar-refractivity contribution in [1.82, 2.24) is 0 Å². The molecule has 1 unspecified atom stereocenters. The number of aliphatic hydroxyl groups excluding tert-OH is 2. The third-order valence-corrected chi connectivity index (χ3v) is 6.35. The second-order valence-electron chi connectivity index (χ2n) is 7.45. The van der Waals surface area contributed by atoms with Gasteiger partial charge in [-0.15, -0.1) is 0 Å². The van der Waals surface area contributed by atoms with Crippen LogP contribution in [0.15, 0.2) is 22.8 Å². The Morgan fingerprint density at radius 1 is 1.23 bits per heavy atom. The molecule has 0 saturated heterocycles. The van der Waals surface area contributed by atoms with Crippen LogP contribution in [0.1, 0.15) is 68.2 Å². The SMILES string of the molecule is CO[C@@H]1C(O)c2coc3c2[C@@](C)(c2ccc4c(c2C3=O)CCC4=O)[C@@H]1O. The monoisotopic (exact) mass is 354 g/mol. The first kappa shape index (κ1) is 15.9. The number of benzene rings is 1. The fourth-order valence-corrected chi connectivity index (χ4v) is 5.02. The van der Waals surface area contributed by atoms with E-state index < -0.39 is 23.7 Å². The number of ether oxygens (including phenoxy) is 1. The highest BCUT2D eigenvalue weighted by Crippen LogP contribution is 2.54. The van der Waals surface area contributed by atoms with Crippen LogP contribution >= 0.6 is 0 Å². The molecular formula is C20H18O6. The van der Waals surface area contributed by atoms with Crippen LogP contribution in [0.3, 0.4) is 0 Å². The standard InChI is InChI=1S/C20H18O6/c1-20-11-5-3-8-9(4-6-12(8)21)13(11)16(23)17-14(20)10(7-26-17)15(22)18(25-2)19(20)24/h3,5,7,15,18-19,22,24H,4,6H2,1-2H3/t15?,18-,19-,20-/m1/s1. The Hall–Kier alpha value is -2.28. The smallest absolute Gasteiger partial charge is 0.229 e. The Balaban J connectivity index is 1.87. The van der Waals surface area contributed by atoms with Gasteiger partial charge in [-0.05, 0) is 24.5 Å². The molecule has 0 aliphatic heterocycles. The summed E-state index contributed by atoms with van der Waals surface area (Å²) in [7, 11) is 1.43. The van der Waals surface area contributed by atoms with Crippen molar-refractivity contribution in [3.05, 3.63) is 57.5 Å². The fraction of sp³-hybridized carbons (Fsp3) is 0.400. The molecule has 6 nitrogen and oxygen atoms in total. The maximum atomic E-state index is 13.2. The summed E-state index contributed by atoms with van der Waals surface area (Å²) in [6, 6.07) is 3.50. The summed E-state index contributed by atoms with van der Waals surface area (Å²) in [6.45, 7) is 1.84. The molecule has 5 rings (SSSR count). The van der Waals surface area contributed by atoms with Crippen molar-refractivity contribution >= 4 is 11.6 Å². The highest BCUT2D eigenvalue weighted by molar-refractivity contribution is 6.15. The average Bonchev–Trinajstić information content (AvgIpc) is 3.23. The maximum Gasteiger partial charge on any atom is 0.229 e. The summed E-state index contributed by atoms with van der Waals surface area (Å²) in [5.41, 5.74) is 2.44. The minimum Gasteiger partial charge on any atom is -0.460 e. The Bertz CT molecular complexity index is 986. The van der Waals surface area contributed by atoms with Crippen LogP contribution < -0.4 is 0 Å². The number of ketones is 2. The number of Topliss-reactive ketones (excluding diaryl/α,β-unsaturated/α-hetero) is 1. The molecule has 0 bridgehead atoms. The van der Waals surface area contributed by atoms with E-state index in [0.717, 1.165) is 5.56 Å². The van der Waals surface area contributed by atoms with Gasteiger partial charge < -0.3 is 19.4 Å². The summed E-state index contributed by atoms with van der Waals surface area (Å²) < 4.78 is 10.9. The number of hydrogen-bond acceptors (Lipinski definition) is 6. The molecule has 2 N–H and O–H groups in total. The van der Waals surface area contributed by atoms with Gasteiger partial charge in [0.15, 0.2) is 11.5 Å². The van der Waals surface area contributed by atoms with E-state index in [9.17, 15) is 19.8 Å². The molecule has 26 heavy (non-hydrogen) atoms. The third kappa shape index (κ3) is 1.58. The van der Waals surface area contributed by atoms with Gasteiger partial charge in [0.05, 0.1) is 17.8 Å². The van der Waals surface area contributed by atoms with Crippen LogP contribution in [0.2, 0.25) is 0 Å². The molecule has 3 aliphatic rings. The van der Waals surface area contributed by atoms with Gasteiger partial charge in [-0.1, -0.05) is 12.1 Å². The van der Waals surface area contributed by atoms with E-state index in [-0.39, 0.29) is 17.3 Å². The summed E-state index contributed by atoms with van der Waals surface area (Å²) in [6.07, 6.45) is -0.744. The third-order valence-electron chi connectivity index (χ3n) is 6.35. The Labute approximate surface area is 149 Å². The Morgan fingerprint density at radius 2 is 2.00 bits per heavy atom. The number of carbonyl (C=O) groups excluding carboxylic acids is 2. The minimum absolute atomic E-state index is 0.0288. The zero-order valence-electron chi connectivity index (χ0n) is 14.4. The highest BCUT2D eigenvalue weighted by atomic mass is 16.5. The van der Waals surface area contributed by atoms with Gasteiger partial charge >= 0.3 is 0 Å². The molecule has 0 amide bonds. The number of fused-ring (bicyclic) bond motifs is 4. The number of hydrogen-bond donors (Lipinski definition) is 2. The Kier molecular flexibility index (Phi) is 3.01. The van der Waals surface area contributed by atoms with Crippen LogP contribution in [-0.2, 0) is 16.6 Å². The summed E-state index contributed by atoms with van der Waals surface area (Å²) in [5, 5.41) is 21.7. The van der Waals surface area contributed by atoms with Crippen LogP contribution in [0.5, 0.6) is 0 Å². The van der Waals surface area contributed by atoms with E-state index in [1.165, 1.54) is 13.4 Å². The first-order valence-corrected chi connectivity index (χ1v) is 8.66. The van der Waals surface area contributed by atoms with E-state index in [1.54, 1.807) is 12.1 Å². The number of aliphatic hydroxyl groups is 2. The number of rotatable bonds is 1. The second kappa shape index (κ2) is 4.91. The predicted molar refractivity (Wildman–Crippen MR) is 89.5 cm³/mol. The first-order chi connectivity index (χ1) is 12.4. The van der Waals surface area contributed by atoms with Crippen molar-refractivity contribution in [2.24, 2.45) is 0 Å². The van der Waals surface area contributed by atoms with Crippen LogP contribution in [0.4, 0.5) is 0 Å². The molecule has 2 aromatic rings. The first-order valence-electron chi connectivity index (χ1n) is 8.66. The normalized spacial score (nSPS) is 31.6. The molecule has 6 heteroatoms. The lowest BCUT2D eigenvalue weighted by atomic mass is 9.59. The lowest BCUT2D eigenvalue weighted by Crippen LogP contribution is -2.55. The molecule has 4 atom stereocenters. The van der Waals surface area contributed by atoms with Gasteiger partial charge in [-0.25, -0.2) is 0 Å². The van der Waals surface area contributed by atoms with E-state index in [2.05, 4.69) is 0 Å². The molecule has 3 aliphatic carbocycles. The molecule has 1 aromatic carbocycles. The van der Waals surface area contributed by atoms with E-state index >= 15 is 0 Å². The summed E-state index contributed by atoms with van der Waals surface area (Å²) in [5.74, 6) is -0.128. The molecule has 0 fully saturated rings. The molecule has 0 spiro atoms. The highest BCUT2D eigenvalue weighted by Gasteiger charge is 2.57. The zero-order valence-corrected chi connectivity index (χ0v) is 14.4. The van der Waals surface area contributed by atoms with E-state index in [1.807, 2.05) is 6.92 Å². The molecule has 1 aromatic heterocycles. The van der Waals surface area contributed by atoms with E-state index in [0.29, 0.717) is 40.7 Å². The lowest BCUT2D eigenvalue weighted by molar-refractivity contribution is -0.112. The molecule has 1 heterocycles. The number of furan rings is 1. The van der Waals surface area contributed by atoms with Crippen molar-refractivity contribution < 1.29 is 29.0 Å². The van der Waals surface area contributed by atoms with Gasteiger partial charge in [-0.2, -0.15) is 0 Å². The van der Waals surface area contributed by atoms with Gasteiger partial charge in [-0.3, -0.25) is 9.59 Å². The summed E-state index contributed by atoms with van der Waals surface area (Å²) >= 11 is 0. The fourth-order valence-electron chi connectivity index (χ4n) is 5.02. The molecule has 134 valence electrons. The van der Waals surface area contributed by atoms with Crippen molar-refractivity contribution in [2.45, 2.75) is 43.5 Å². The topological polar surface area (TPSA) is 97.0 Å². The second-order valence-corrected chi connectivity index (χ2v) is 7.45. The molecule has 0 saturated carbocycles. The van der Waals surface area contributed by atoms with Gasteiger partial charge in [0.2, 0.25) is 5.78 Å². The summed E-state index contributed by atoms with van der Waals surface area (Å²) in [4.78, 5) is 25.3. The molecular weight excluding hydrogens is 336 g/mol. The average molecular weight is 354 g/mol. The van der Waals surface area contributed by atoms with Gasteiger partial charge in [0.1, 0.15) is 12.2 Å². The van der Waals surface area contributed by atoms with Crippen molar-refractivity contribution in [1.29, 1.82) is 0 Å². The number of methoxy groups -OCH3 is 1. The zero-order chi connectivity index (χ0) is 18.4. The van der Waals surface area contributed by atoms with Crippen LogP contribution in [0.25, 0.3) is 0 Å².